The van der Waals surface area contributed by atoms with E-state index in [9.17, 15) is 0 Å². The number of nitrogens with one attached hydrogen (secondary N) is 1. The van der Waals surface area contributed by atoms with E-state index in [1.807, 2.05) is 13.0 Å². The highest BCUT2D eigenvalue weighted by Crippen LogP contribution is 2.32. The van der Waals surface area contributed by atoms with Gasteiger partial charge in [0.25, 0.3) is 0 Å². The van der Waals surface area contributed by atoms with Crippen molar-refractivity contribution >= 4 is 0 Å². The topological polar surface area (TPSA) is 32.1 Å². The van der Waals surface area contributed by atoms with Crippen LogP contribution in [0.15, 0.2) is 66.7 Å². The molecule has 3 aromatic carbocycles. The van der Waals surface area contributed by atoms with E-state index >= 15 is 0 Å². The average Bonchev–Trinajstić information content (AvgIpc) is 3.27. The number of hydrogen-bond acceptors (Lipinski definition) is 3. The van der Waals surface area contributed by atoms with Gasteiger partial charge in [-0.2, -0.15) is 0 Å². The summed E-state index contributed by atoms with van der Waals surface area (Å²) < 4.78 is 16.6. The largest absolute Gasteiger partial charge is 0.494 e. The summed E-state index contributed by atoms with van der Waals surface area (Å²) in [5.74, 6) is 2.64. The van der Waals surface area contributed by atoms with Crippen LogP contribution in [0.5, 0.6) is 17.2 Å². The van der Waals surface area contributed by atoms with Gasteiger partial charge in [-0.15, -0.1) is 0 Å². The predicted molar refractivity (Wildman–Crippen MR) is 123 cm³/mol. The normalized spacial score (nSPS) is 13.2. The van der Waals surface area contributed by atoms with Crippen LogP contribution in [0.25, 0.3) is 0 Å². The molecule has 1 N–H and O–H groups in total. The van der Waals surface area contributed by atoms with Gasteiger partial charge in [-0.25, -0.2) is 0 Å². The molecule has 0 aromatic heterocycles. The fraction of sp³-hybridized carbons (Fsp3) is 0.333. The summed E-state index contributed by atoms with van der Waals surface area (Å²) >= 11 is 0. The third-order valence-electron chi connectivity index (χ3n) is 5.78. The fourth-order valence-corrected chi connectivity index (χ4v) is 4.00. The summed E-state index contributed by atoms with van der Waals surface area (Å²) in [7, 11) is 0. The monoisotopic (exact) mass is 418 g/mol. The molecule has 0 saturated heterocycles. The lowest BCUT2D eigenvalue weighted by Gasteiger charge is -2.20. The number of benzene rings is 3. The number of hydrogen-bond donors (Lipinski definition) is 1. The Bertz CT molecular complexity index is 967. The van der Waals surface area contributed by atoms with Crippen LogP contribution < -0.4 is 19.1 Å². The highest BCUT2D eigenvalue weighted by atomic mass is 16.7. The van der Waals surface area contributed by atoms with Gasteiger partial charge in [-0.1, -0.05) is 37.3 Å². The first-order chi connectivity index (χ1) is 15.2. The molecule has 31 heavy (non-hydrogen) atoms. The van der Waals surface area contributed by atoms with E-state index in [-0.39, 0.29) is 0 Å². The van der Waals surface area contributed by atoms with Crippen LogP contribution in [0.4, 0.5) is 0 Å². The van der Waals surface area contributed by atoms with E-state index in [0.717, 1.165) is 49.7 Å². The molecule has 4 nitrogen and oxygen atoms in total. The molecule has 1 aliphatic heterocycles. The summed E-state index contributed by atoms with van der Waals surface area (Å²) in [6, 6.07) is 23.9. The van der Waals surface area contributed by atoms with Gasteiger partial charge in [0.15, 0.2) is 11.5 Å². The number of rotatable bonds is 10. The Morgan fingerprint density at radius 2 is 1.35 bits per heavy atom. The number of quaternary nitrogens is 1. The van der Waals surface area contributed by atoms with Gasteiger partial charge in [0.2, 0.25) is 6.79 Å². The van der Waals surface area contributed by atoms with Crippen LogP contribution in [-0.2, 0) is 25.9 Å². The highest BCUT2D eigenvalue weighted by molar-refractivity contribution is 5.44. The summed E-state index contributed by atoms with van der Waals surface area (Å²) in [5, 5.41) is 0. The van der Waals surface area contributed by atoms with E-state index in [0.29, 0.717) is 13.4 Å². The Morgan fingerprint density at radius 3 is 2.03 bits per heavy atom. The van der Waals surface area contributed by atoms with Crippen molar-refractivity contribution in [2.75, 3.05) is 19.9 Å². The van der Waals surface area contributed by atoms with Crippen LogP contribution >= 0.6 is 0 Å². The Morgan fingerprint density at radius 1 is 0.742 bits per heavy atom. The first-order valence-corrected chi connectivity index (χ1v) is 11.2. The second kappa shape index (κ2) is 10.4. The molecule has 0 bridgehead atoms. The van der Waals surface area contributed by atoms with E-state index in [4.69, 9.17) is 14.2 Å². The molecule has 162 valence electrons. The number of ether oxygens (including phenoxy) is 3. The molecule has 1 unspecified atom stereocenters. The van der Waals surface area contributed by atoms with Gasteiger partial charge >= 0.3 is 0 Å². The molecule has 0 radical (unpaired) electrons. The molecular formula is C27H32NO3+. The fourth-order valence-electron chi connectivity index (χ4n) is 4.00. The minimum atomic E-state index is 0.321. The molecule has 1 aliphatic rings. The molecule has 1 atom stereocenters. The molecule has 0 spiro atoms. The number of aryl methyl sites for hydroxylation is 1. The van der Waals surface area contributed by atoms with E-state index < -0.39 is 0 Å². The van der Waals surface area contributed by atoms with Crippen LogP contribution in [0, 0.1) is 0 Å². The first-order valence-electron chi connectivity index (χ1n) is 11.2. The lowest BCUT2D eigenvalue weighted by molar-refractivity contribution is -0.927. The smallest absolute Gasteiger partial charge is 0.231 e. The Kier molecular flexibility index (Phi) is 7.11. The standard InChI is InChI=1S/C27H31NO3/c1-3-21-5-7-23(8-6-21)18-28(19-24-9-12-25(13-10-24)29-4-2)16-15-22-11-14-26-27(17-22)31-20-30-26/h5-14,17H,3-4,15-16,18-20H2,1-2H3/p+1. The van der Waals surface area contributed by atoms with Gasteiger partial charge in [0, 0.05) is 17.5 Å². The highest BCUT2D eigenvalue weighted by Gasteiger charge is 2.16. The lowest BCUT2D eigenvalue weighted by Crippen LogP contribution is -3.09. The Labute approximate surface area is 185 Å². The van der Waals surface area contributed by atoms with Crippen molar-refractivity contribution in [1.82, 2.24) is 0 Å². The average molecular weight is 419 g/mol. The second-order valence-electron chi connectivity index (χ2n) is 8.04. The Balaban J connectivity index is 1.45. The summed E-state index contributed by atoms with van der Waals surface area (Å²) in [6.07, 6.45) is 2.07. The summed E-state index contributed by atoms with van der Waals surface area (Å²) in [5.41, 5.74) is 5.38. The summed E-state index contributed by atoms with van der Waals surface area (Å²) in [4.78, 5) is 1.53. The molecule has 4 heteroatoms. The van der Waals surface area contributed by atoms with Crippen molar-refractivity contribution in [3.05, 3.63) is 89.0 Å². The predicted octanol–water partition coefficient (Wildman–Crippen LogP) is 4.20. The maximum atomic E-state index is 5.60. The maximum Gasteiger partial charge on any atom is 0.231 e. The van der Waals surface area contributed by atoms with Crippen molar-refractivity contribution in [2.24, 2.45) is 0 Å². The molecule has 3 aromatic rings. The van der Waals surface area contributed by atoms with Crippen molar-refractivity contribution in [3.63, 3.8) is 0 Å². The van der Waals surface area contributed by atoms with Crippen LogP contribution in [-0.4, -0.2) is 19.9 Å². The van der Waals surface area contributed by atoms with Crippen LogP contribution in [0.1, 0.15) is 36.1 Å². The zero-order chi connectivity index (χ0) is 21.5. The molecule has 4 rings (SSSR count). The summed E-state index contributed by atoms with van der Waals surface area (Å²) in [6.45, 7) is 8.25. The first kappa shape index (κ1) is 21.3. The molecule has 0 saturated carbocycles. The van der Waals surface area contributed by atoms with Gasteiger partial charge in [-0.3, -0.25) is 0 Å². The molecule has 0 aliphatic carbocycles. The van der Waals surface area contributed by atoms with Crippen molar-refractivity contribution in [2.45, 2.75) is 39.8 Å². The second-order valence-corrected chi connectivity index (χ2v) is 8.04. The Hall–Kier alpha value is -2.98. The van der Waals surface area contributed by atoms with Crippen LogP contribution in [0.2, 0.25) is 0 Å². The van der Waals surface area contributed by atoms with Gasteiger partial charge < -0.3 is 19.1 Å². The van der Waals surface area contributed by atoms with Gasteiger partial charge in [0.05, 0.1) is 13.2 Å². The molecule has 0 fully saturated rings. The van der Waals surface area contributed by atoms with Crippen molar-refractivity contribution < 1.29 is 19.1 Å². The van der Waals surface area contributed by atoms with Crippen molar-refractivity contribution in [3.8, 4) is 17.2 Å². The number of fused-ring (bicyclic) bond motifs is 1. The third-order valence-corrected chi connectivity index (χ3v) is 5.78. The molecule has 0 amide bonds. The minimum absolute atomic E-state index is 0.321. The minimum Gasteiger partial charge on any atom is -0.494 e. The zero-order valence-corrected chi connectivity index (χ0v) is 18.5. The van der Waals surface area contributed by atoms with Gasteiger partial charge in [0.1, 0.15) is 18.8 Å². The van der Waals surface area contributed by atoms with E-state index in [1.54, 1.807) is 0 Å². The van der Waals surface area contributed by atoms with E-state index in [2.05, 4.69) is 67.6 Å². The van der Waals surface area contributed by atoms with E-state index in [1.165, 1.54) is 27.2 Å². The van der Waals surface area contributed by atoms with Crippen molar-refractivity contribution in [1.29, 1.82) is 0 Å². The quantitative estimate of drug-likeness (QED) is 0.535. The van der Waals surface area contributed by atoms with Crippen LogP contribution in [0.3, 0.4) is 0 Å². The molecule has 1 heterocycles. The van der Waals surface area contributed by atoms with Gasteiger partial charge in [-0.05, 0) is 60.9 Å². The SMILES string of the molecule is CCOc1ccc(C[NH+](CCc2ccc3c(c2)OCO3)Cc2ccc(CC)cc2)cc1. The third kappa shape index (κ3) is 5.80. The maximum absolute atomic E-state index is 5.60. The zero-order valence-electron chi connectivity index (χ0n) is 18.5. The lowest BCUT2D eigenvalue weighted by atomic mass is 10.1. The molecular weight excluding hydrogens is 386 g/mol.